The summed E-state index contributed by atoms with van der Waals surface area (Å²) in [5, 5.41) is 4.98. The van der Waals surface area contributed by atoms with Gasteiger partial charge in [0.25, 0.3) is 0 Å². The molecule has 2 saturated heterocycles. The lowest BCUT2D eigenvalue weighted by molar-refractivity contribution is -0.148. The number of H-pyrrole nitrogens is 1. The van der Waals surface area contributed by atoms with Crippen molar-refractivity contribution in [2.24, 2.45) is 22.7 Å². The SMILES string of the molecule is COC(=O)CC(C(=O)N1CCC[C@H]1C1=NC=C(c2ccc(-c3ccc(-c4cnc([C@@H]5CCCN5C(=O)[C@@H](NC(=O)OC)C(C)C)[nH]4)cc3)c3ccccc23)C1)C(C)C. The number of nitrogens with zero attached hydrogens (tertiary/aromatic N) is 4. The molecule has 304 valence electrons. The number of aromatic nitrogens is 2. The summed E-state index contributed by atoms with van der Waals surface area (Å²) in [4.78, 5) is 68.4. The third kappa shape index (κ3) is 8.14. The summed E-state index contributed by atoms with van der Waals surface area (Å²) in [6.45, 7) is 9.03. The average molecular weight is 787 g/mol. The van der Waals surface area contributed by atoms with Crippen LogP contribution in [-0.2, 0) is 23.9 Å². The molecule has 3 aliphatic heterocycles. The van der Waals surface area contributed by atoms with Crippen molar-refractivity contribution in [3.05, 3.63) is 84.4 Å². The summed E-state index contributed by atoms with van der Waals surface area (Å²) in [5.41, 5.74) is 7.30. The van der Waals surface area contributed by atoms with Gasteiger partial charge in [0, 0.05) is 31.4 Å². The molecule has 4 heterocycles. The van der Waals surface area contributed by atoms with E-state index in [1.165, 1.54) is 14.2 Å². The molecule has 0 radical (unpaired) electrons. The molecular formula is C46H54N6O6. The van der Waals surface area contributed by atoms with Gasteiger partial charge in [-0.1, -0.05) is 88.4 Å². The normalized spacial score (nSPS) is 19.0. The number of nitrogens with one attached hydrogen (secondary N) is 2. The molecule has 1 unspecified atom stereocenters. The molecule has 4 atom stereocenters. The molecule has 3 aliphatic rings. The third-order valence-electron chi connectivity index (χ3n) is 12.0. The van der Waals surface area contributed by atoms with Crippen LogP contribution in [0.2, 0.25) is 0 Å². The first-order chi connectivity index (χ1) is 28.0. The minimum atomic E-state index is -0.690. The molecule has 4 aromatic rings. The van der Waals surface area contributed by atoms with Gasteiger partial charge in [0.1, 0.15) is 11.9 Å². The Morgan fingerprint density at radius 2 is 1.43 bits per heavy atom. The molecule has 0 aliphatic carbocycles. The second-order valence-corrected chi connectivity index (χ2v) is 16.3. The fourth-order valence-electron chi connectivity index (χ4n) is 8.78. The number of benzene rings is 3. The lowest BCUT2D eigenvalue weighted by Gasteiger charge is -2.30. The zero-order valence-electron chi connectivity index (χ0n) is 34.3. The highest BCUT2D eigenvalue weighted by Gasteiger charge is 2.39. The van der Waals surface area contributed by atoms with Crippen molar-refractivity contribution in [3.8, 4) is 22.4 Å². The van der Waals surface area contributed by atoms with Gasteiger partial charge in [0.15, 0.2) is 0 Å². The number of imidazole rings is 1. The van der Waals surface area contributed by atoms with Crippen LogP contribution in [0.25, 0.3) is 38.7 Å². The second-order valence-electron chi connectivity index (χ2n) is 16.3. The van der Waals surface area contributed by atoms with E-state index in [0.717, 1.165) is 81.5 Å². The maximum Gasteiger partial charge on any atom is 0.407 e. The summed E-state index contributed by atoms with van der Waals surface area (Å²) in [7, 11) is 2.66. The molecule has 2 fully saturated rings. The van der Waals surface area contributed by atoms with Crippen molar-refractivity contribution < 1.29 is 28.7 Å². The Morgan fingerprint density at radius 1 is 0.793 bits per heavy atom. The van der Waals surface area contributed by atoms with Crippen LogP contribution >= 0.6 is 0 Å². The number of ether oxygens (including phenoxy) is 2. The first-order valence-electron chi connectivity index (χ1n) is 20.4. The fraction of sp³-hybridized carbons (Fsp3) is 0.435. The quantitative estimate of drug-likeness (QED) is 0.139. The molecule has 1 aromatic heterocycles. The highest BCUT2D eigenvalue weighted by atomic mass is 16.5. The van der Waals surface area contributed by atoms with Crippen LogP contribution in [0.5, 0.6) is 0 Å². The Labute approximate surface area is 340 Å². The second kappa shape index (κ2) is 17.4. The van der Waals surface area contributed by atoms with Gasteiger partial charge in [-0.3, -0.25) is 19.4 Å². The van der Waals surface area contributed by atoms with Crippen LogP contribution in [0.4, 0.5) is 4.79 Å². The number of methoxy groups -OCH3 is 2. The number of carbonyl (C=O) groups excluding carboxylic acids is 4. The summed E-state index contributed by atoms with van der Waals surface area (Å²) in [5.74, 6) is -0.282. The Hall–Kier alpha value is -5.78. The standard InChI is InChI=1S/C46H54N6O6/c1-27(2)36(24-41(53)57-5)44(54)51-21-9-13-39(51)37-23-31(25-47-37)33-20-19-32(34-11-7-8-12-35(33)34)29-15-17-30(18-16-29)38-26-48-43(49-38)40-14-10-22-52(40)45(55)42(28(3)4)50-46(56)58-6/h7-8,11-12,15-20,25-28,36,39-40,42H,9-10,13-14,21-24H2,1-6H3,(H,48,49)(H,50,56)/t36?,39-,40-,42-/m0/s1. The number of aliphatic imine (C=N–C) groups is 1. The Bertz CT molecular complexity index is 2240. The largest absolute Gasteiger partial charge is 0.469 e. The Balaban J connectivity index is 1.06. The van der Waals surface area contributed by atoms with Crippen molar-refractivity contribution in [3.63, 3.8) is 0 Å². The van der Waals surface area contributed by atoms with Gasteiger partial charge in [0.2, 0.25) is 11.8 Å². The Morgan fingerprint density at radius 3 is 2.09 bits per heavy atom. The van der Waals surface area contributed by atoms with E-state index in [2.05, 4.69) is 71.0 Å². The van der Waals surface area contributed by atoms with E-state index >= 15 is 0 Å². The predicted octanol–water partition coefficient (Wildman–Crippen LogP) is 7.95. The number of fused-ring (bicyclic) bond motifs is 1. The monoisotopic (exact) mass is 786 g/mol. The highest BCUT2D eigenvalue weighted by Crippen LogP contribution is 2.39. The molecule has 3 aromatic carbocycles. The average Bonchev–Trinajstić information content (AvgIpc) is 4.08. The number of rotatable bonds is 12. The molecule has 12 nitrogen and oxygen atoms in total. The number of allylic oxidation sites excluding steroid dienone is 1. The van der Waals surface area contributed by atoms with E-state index in [4.69, 9.17) is 19.5 Å². The van der Waals surface area contributed by atoms with Gasteiger partial charge in [0.05, 0.1) is 50.5 Å². The third-order valence-corrected chi connectivity index (χ3v) is 12.0. The van der Waals surface area contributed by atoms with Crippen LogP contribution in [0.1, 0.15) is 83.6 Å². The van der Waals surface area contributed by atoms with Crippen molar-refractivity contribution in [2.75, 3.05) is 27.3 Å². The number of amides is 3. The summed E-state index contributed by atoms with van der Waals surface area (Å²) in [6.07, 6.45) is 7.30. The molecule has 0 spiro atoms. The van der Waals surface area contributed by atoms with Gasteiger partial charge < -0.3 is 29.6 Å². The van der Waals surface area contributed by atoms with E-state index in [9.17, 15) is 19.2 Å². The fourth-order valence-corrected chi connectivity index (χ4v) is 8.78. The van der Waals surface area contributed by atoms with Gasteiger partial charge in [-0.05, 0) is 76.1 Å². The van der Waals surface area contributed by atoms with E-state index in [-0.39, 0.29) is 48.1 Å². The summed E-state index contributed by atoms with van der Waals surface area (Å²) >= 11 is 0. The number of aromatic amines is 1. The van der Waals surface area contributed by atoms with E-state index in [1.807, 2.05) is 49.9 Å². The summed E-state index contributed by atoms with van der Waals surface area (Å²) in [6, 6.07) is 20.2. The number of likely N-dealkylation sites (tertiary alicyclic amines) is 2. The smallest absolute Gasteiger partial charge is 0.407 e. The van der Waals surface area contributed by atoms with Crippen LogP contribution in [0, 0.1) is 17.8 Å². The number of carbonyl (C=O) groups is 4. The van der Waals surface area contributed by atoms with Crippen molar-refractivity contribution >= 4 is 45.9 Å². The molecule has 0 bridgehead atoms. The summed E-state index contributed by atoms with van der Waals surface area (Å²) < 4.78 is 9.68. The van der Waals surface area contributed by atoms with Gasteiger partial charge >= 0.3 is 12.1 Å². The predicted molar refractivity (Wildman–Crippen MR) is 225 cm³/mol. The molecule has 7 rings (SSSR count). The lowest BCUT2D eigenvalue weighted by atomic mass is 9.89. The molecule has 0 saturated carbocycles. The number of hydrogen-bond donors (Lipinski definition) is 2. The van der Waals surface area contributed by atoms with Crippen molar-refractivity contribution in [1.29, 1.82) is 0 Å². The first-order valence-corrected chi connectivity index (χ1v) is 20.4. The zero-order chi connectivity index (χ0) is 41.1. The number of esters is 1. The van der Waals surface area contributed by atoms with E-state index in [0.29, 0.717) is 19.5 Å². The number of alkyl carbamates (subject to hydrolysis) is 1. The van der Waals surface area contributed by atoms with Crippen LogP contribution in [-0.4, -0.2) is 88.7 Å². The van der Waals surface area contributed by atoms with E-state index < -0.39 is 18.1 Å². The van der Waals surface area contributed by atoms with Crippen LogP contribution in [0.15, 0.2) is 78.1 Å². The lowest BCUT2D eigenvalue weighted by Crippen LogP contribution is -2.51. The van der Waals surface area contributed by atoms with Crippen LogP contribution < -0.4 is 5.32 Å². The van der Waals surface area contributed by atoms with Crippen molar-refractivity contribution in [1.82, 2.24) is 25.1 Å². The topological polar surface area (TPSA) is 146 Å². The Kier molecular flexibility index (Phi) is 12.1. The zero-order valence-corrected chi connectivity index (χ0v) is 34.3. The van der Waals surface area contributed by atoms with Gasteiger partial charge in [-0.2, -0.15) is 0 Å². The molecule has 3 amide bonds. The molecular weight excluding hydrogens is 733 g/mol. The number of hydrogen-bond acceptors (Lipinski definition) is 8. The molecule has 12 heteroatoms. The first kappa shape index (κ1) is 40.4. The highest BCUT2D eigenvalue weighted by molar-refractivity contribution is 6.09. The molecule has 2 N–H and O–H groups in total. The molecule has 58 heavy (non-hydrogen) atoms. The minimum Gasteiger partial charge on any atom is -0.469 e. The van der Waals surface area contributed by atoms with Crippen LogP contribution in [0.3, 0.4) is 0 Å². The van der Waals surface area contributed by atoms with Crippen molar-refractivity contribution in [2.45, 2.75) is 84.3 Å². The van der Waals surface area contributed by atoms with Gasteiger partial charge in [-0.25, -0.2) is 9.78 Å². The van der Waals surface area contributed by atoms with E-state index in [1.54, 1.807) is 0 Å². The minimum absolute atomic E-state index is 0.00595. The van der Waals surface area contributed by atoms with Gasteiger partial charge in [-0.15, -0.1) is 0 Å². The maximum absolute atomic E-state index is 13.8. The maximum atomic E-state index is 13.8.